The van der Waals surface area contributed by atoms with E-state index in [1.54, 1.807) is 0 Å². The van der Waals surface area contributed by atoms with Crippen LogP contribution in [0.5, 0.6) is 0 Å². The van der Waals surface area contributed by atoms with E-state index in [0.29, 0.717) is 0 Å². The number of aromatic nitrogens is 1. The first-order valence-corrected chi connectivity index (χ1v) is 8.10. The van der Waals surface area contributed by atoms with Gasteiger partial charge in [-0.05, 0) is 52.3 Å². The first-order valence-electron chi connectivity index (χ1n) is 7.31. The summed E-state index contributed by atoms with van der Waals surface area (Å²) in [6, 6.07) is 9.78. The Morgan fingerprint density at radius 2 is 1.65 bits per heavy atom. The third-order valence-corrected chi connectivity index (χ3v) is 4.32. The molecule has 0 atom stereocenters. The number of rotatable bonds is 3. The summed E-state index contributed by atoms with van der Waals surface area (Å²) in [5.41, 5.74) is -1.03. The first-order chi connectivity index (χ1) is 12.4. The molecule has 4 nitrogen and oxygen atoms in total. The highest BCUT2D eigenvalue weighted by Crippen LogP contribution is 2.21. The molecule has 1 heterocycles. The topological polar surface area (TPSA) is 51.1 Å². The smallest absolute Gasteiger partial charge is 0.271 e. The minimum Gasteiger partial charge on any atom is -0.321 e. The van der Waals surface area contributed by atoms with Gasteiger partial charge in [-0.3, -0.25) is 14.2 Å². The van der Waals surface area contributed by atoms with Crippen molar-refractivity contribution in [3.8, 4) is 5.69 Å². The molecular formula is C18H10BrF3N2O2. The maximum absolute atomic E-state index is 13.7. The number of hydrogen-bond donors (Lipinski definition) is 1. The number of halogens is 4. The van der Waals surface area contributed by atoms with Crippen LogP contribution < -0.4 is 10.9 Å². The molecule has 0 spiro atoms. The molecule has 0 unspecified atom stereocenters. The van der Waals surface area contributed by atoms with E-state index in [1.807, 2.05) is 0 Å². The lowest BCUT2D eigenvalue weighted by Gasteiger charge is -2.11. The molecule has 0 saturated heterocycles. The lowest BCUT2D eigenvalue weighted by Crippen LogP contribution is -2.22. The fourth-order valence-electron chi connectivity index (χ4n) is 2.34. The van der Waals surface area contributed by atoms with Crippen molar-refractivity contribution >= 4 is 27.5 Å². The van der Waals surface area contributed by atoms with Gasteiger partial charge >= 0.3 is 0 Å². The van der Waals surface area contributed by atoms with Crippen LogP contribution in [0.4, 0.5) is 18.9 Å². The monoisotopic (exact) mass is 422 g/mol. The molecule has 3 rings (SSSR count). The van der Waals surface area contributed by atoms with E-state index in [2.05, 4.69) is 21.2 Å². The van der Waals surface area contributed by atoms with Gasteiger partial charge in [0.2, 0.25) is 0 Å². The largest absolute Gasteiger partial charge is 0.321 e. The zero-order chi connectivity index (χ0) is 18.8. The van der Waals surface area contributed by atoms with Crippen LogP contribution >= 0.6 is 15.9 Å². The number of carbonyl (C=O) groups excluding carboxylic acids is 1. The molecule has 1 amide bonds. The van der Waals surface area contributed by atoms with E-state index < -0.39 is 34.5 Å². The molecule has 26 heavy (non-hydrogen) atoms. The van der Waals surface area contributed by atoms with E-state index >= 15 is 0 Å². The van der Waals surface area contributed by atoms with E-state index in [0.717, 1.165) is 22.8 Å². The summed E-state index contributed by atoms with van der Waals surface area (Å²) in [7, 11) is 0. The molecule has 0 radical (unpaired) electrons. The van der Waals surface area contributed by atoms with Crippen molar-refractivity contribution in [2.45, 2.75) is 0 Å². The maximum Gasteiger partial charge on any atom is 0.271 e. The summed E-state index contributed by atoms with van der Waals surface area (Å²) >= 11 is 3.06. The Labute approximate surface area is 154 Å². The normalized spacial score (nSPS) is 10.6. The van der Waals surface area contributed by atoms with Crippen LogP contribution in [0.1, 0.15) is 10.4 Å². The van der Waals surface area contributed by atoms with Crippen LogP contribution in [0, 0.1) is 17.5 Å². The SMILES string of the molecule is O=C(Nc1ccn(-c2cccc(F)c2)c(=O)c1Br)c1c(F)cccc1F. The summed E-state index contributed by atoms with van der Waals surface area (Å²) < 4.78 is 41.8. The van der Waals surface area contributed by atoms with Crippen LogP contribution in [0.25, 0.3) is 5.69 Å². The first kappa shape index (κ1) is 17.9. The van der Waals surface area contributed by atoms with Gasteiger partial charge in [0.1, 0.15) is 27.5 Å². The number of nitrogens with one attached hydrogen (secondary N) is 1. The standard InChI is InChI=1S/C18H10BrF3N2O2/c19-16-14(23-17(25)15-12(21)5-2-6-13(15)22)7-8-24(18(16)26)11-4-1-3-10(20)9-11/h1-9H,(H,23,25). The molecule has 8 heteroatoms. The highest BCUT2D eigenvalue weighted by molar-refractivity contribution is 9.10. The average molecular weight is 423 g/mol. The van der Waals surface area contributed by atoms with Gasteiger partial charge in [-0.15, -0.1) is 0 Å². The van der Waals surface area contributed by atoms with Crippen molar-refractivity contribution in [1.82, 2.24) is 4.57 Å². The van der Waals surface area contributed by atoms with Crippen molar-refractivity contribution < 1.29 is 18.0 Å². The molecular weight excluding hydrogens is 413 g/mol. The second-order valence-electron chi connectivity index (χ2n) is 5.25. The summed E-state index contributed by atoms with van der Waals surface area (Å²) in [6.07, 6.45) is 1.31. The zero-order valence-corrected chi connectivity index (χ0v) is 14.6. The van der Waals surface area contributed by atoms with Gasteiger partial charge in [-0.2, -0.15) is 0 Å². The molecule has 0 bridgehead atoms. The van der Waals surface area contributed by atoms with E-state index in [1.165, 1.54) is 36.5 Å². The Bertz CT molecular complexity index is 1050. The van der Waals surface area contributed by atoms with Crippen LogP contribution in [0.15, 0.2) is 64.0 Å². The number of pyridine rings is 1. The number of carbonyl (C=O) groups is 1. The molecule has 0 aliphatic heterocycles. The van der Waals surface area contributed by atoms with E-state index in [9.17, 15) is 22.8 Å². The van der Waals surface area contributed by atoms with Gasteiger partial charge in [0.05, 0.1) is 11.4 Å². The van der Waals surface area contributed by atoms with Crippen molar-refractivity contribution in [2.24, 2.45) is 0 Å². The number of benzene rings is 2. The van der Waals surface area contributed by atoms with Gasteiger partial charge < -0.3 is 5.32 Å². The summed E-state index contributed by atoms with van der Waals surface area (Å²) in [6.45, 7) is 0. The van der Waals surface area contributed by atoms with Crippen LogP contribution in [0.3, 0.4) is 0 Å². The van der Waals surface area contributed by atoms with Gasteiger partial charge in [0.15, 0.2) is 0 Å². The van der Waals surface area contributed by atoms with Gasteiger partial charge in [-0.25, -0.2) is 13.2 Å². The Hall–Kier alpha value is -2.87. The summed E-state index contributed by atoms with van der Waals surface area (Å²) in [5, 5.41) is 2.29. The van der Waals surface area contributed by atoms with Crippen LogP contribution in [0.2, 0.25) is 0 Å². The van der Waals surface area contributed by atoms with Gasteiger partial charge in [0.25, 0.3) is 11.5 Å². The molecule has 1 aromatic heterocycles. The fraction of sp³-hybridized carbons (Fsp3) is 0. The quantitative estimate of drug-likeness (QED) is 0.685. The minimum absolute atomic E-state index is 0.0234. The van der Waals surface area contributed by atoms with Crippen molar-refractivity contribution in [3.05, 3.63) is 92.6 Å². The molecule has 132 valence electrons. The van der Waals surface area contributed by atoms with Crippen molar-refractivity contribution in [3.63, 3.8) is 0 Å². The molecule has 0 aliphatic carbocycles. The van der Waals surface area contributed by atoms with Crippen LogP contribution in [-0.2, 0) is 0 Å². The molecule has 0 saturated carbocycles. The predicted molar refractivity (Wildman–Crippen MR) is 94.0 cm³/mol. The predicted octanol–water partition coefficient (Wildman–Crippen LogP) is 4.27. The third-order valence-electron chi connectivity index (χ3n) is 3.56. The Kier molecular flexibility index (Phi) is 4.94. The number of anilines is 1. The maximum atomic E-state index is 13.7. The minimum atomic E-state index is -1.04. The van der Waals surface area contributed by atoms with Crippen LogP contribution in [-0.4, -0.2) is 10.5 Å². The lowest BCUT2D eigenvalue weighted by molar-refractivity contribution is 0.101. The molecule has 2 aromatic carbocycles. The van der Waals surface area contributed by atoms with E-state index in [4.69, 9.17) is 0 Å². The summed E-state index contributed by atoms with van der Waals surface area (Å²) in [4.78, 5) is 24.6. The molecule has 1 N–H and O–H groups in total. The Morgan fingerprint density at radius 3 is 2.31 bits per heavy atom. The van der Waals surface area contributed by atoms with Gasteiger partial charge in [-0.1, -0.05) is 12.1 Å². The Balaban J connectivity index is 1.97. The van der Waals surface area contributed by atoms with E-state index in [-0.39, 0.29) is 15.8 Å². The summed E-state index contributed by atoms with van der Waals surface area (Å²) in [5.74, 6) is -3.60. The molecule has 0 aliphatic rings. The fourth-order valence-corrected chi connectivity index (χ4v) is 2.76. The lowest BCUT2D eigenvalue weighted by atomic mass is 10.2. The molecule has 0 fully saturated rings. The Morgan fingerprint density at radius 1 is 1.00 bits per heavy atom. The molecule has 3 aromatic rings. The number of amides is 1. The van der Waals surface area contributed by atoms with Crippen molar-refractivity contribution in [1.29, 1.82) is 0 Å². The third kappa shape index (κ3) is 3.41. The second kappa shape index (κ2) is 7.17. The second-order valence-corrected chi connectivity index (χ2v) is 6.04. The number of hydrogen-bond acceptors (Lipinski definition) is 2. The highest BCUT2D eigenvalue weighted by atomic mass is 79.9. The number of nitrogens with zero attached hydrogens (tertiary/aromatic N) is 1. The van der Waals surface area contributed by atoms with Gasteiger partial charge in [0, 0.05) is 6.20 Å². The van der Waals surface area contributed by atoms with Crippen molar-refractivity contribution in [2.75, 3.05) is 5.32 Å². The average Bonchev–Trinajstić information content (AvgIpc) is 2.59. The highest BCUT2D eigenvalue weighted by Gasteiger charge is 2.19. The zero-order valence-electron chi connectivity index (χ0n) is 13.0.